The van der Waals surface area contributed by atoms with Crippen LogP contribution >= 0.6 is 0 Å². The van der Waals surface area contributed by atoms with Gasteiger partial charge >= 0.3 is 11.9 Å². The molecule has 8 unspecified atom stereocenters. The maximum atomic E-state index is 12.3. The minimum absolute atomic E-state index is 0.00455. The lowest BCUT2D eigenvalue weighted by molar-refractivity contribution is -0.141. The number of fused-ring (bicyclic) bond motifs is 10. The number of carboxylic acid groups (broad SMARTS) is 2. The highest BCUT2D eigenvalue weighted by Crippen LogP contribution is 2.52. The molecule has 0 aromatic heterocycles. The van der Waals surface area contributed by atoms with Gasteiger partial charge in [0, 0.05) is 19.4 Å². The molecule has 2 saturated heterocycles. The third kappa shape index (κ3) is 6.77. The summed E-state index contributed by atoms with van der Waals surface area (Å²) in [5, 5.41) is 19.1. The molecule has 11 nitrogen and oxygen atoms in total. The maximum Gasteiger partial charge on any atom is 0.303 e. The predicted octanol–water partition coefficient (Wildman–Crippen LogP) is 2.11. The summed E-state index contributed by atoms with van der Waals surface area (Å²) in [7, 11) is 0. The second-order valence-electron chi connectivity index (χ2n) is 11.9. The number of nitrogens with two attached hydrogens (primary N) is 1. The number of carbonyl (C=O) groups is 6. The Kier molecular flexibility index (Phi) is 10.1. The molecule has 41 heavy (non-hydrogen) atoms. The normalized spacial score (nSPS) is 32.9. The molecule has 11 heteroatoms. The van der Waals surface area contributed by atoms with E-state index in [2.05, 4.69) is 29.6 Å². The van der Waals surface area contributed by atoms with E-state index in [1.807, 2.05) is 0 Å². The van der Waals surface area contributed by atoms with Crippen LogP contribution in [0.15, 0.2) is 24.3 Å². The molecule has 2 heterocycles. The Labute approximate surface area is 239 Å². The van der Waals surface area contributed by atoms with Crippen LogP contribution in [0.5, 0.6) is 0 Å². The first-order valence-corrected chi connectivity index (χ1v) is 14.8. The molecule has 4 bridgehead atoms. The molecule has 6 aliphatic rings. The smallest absolute Gasteiger partial charge is 0.303 e. The summed E-state index contributed by atoms with van der Waals surface area (Å²) in [6, 6.07) is 0. The summed E-state index contributed by atoms with van der Waals surface area (Å²) in [5.41, 5.74) is 5.20. The maximum absolute atomic E-state index is 12.3. The molecule has 2 aliphatic heterocycles. The van der Waals surface area contributed by atoms with Crippen LogP contribution in [-0.2, 0) is 28.8 Å². The molecule has 5 N–H and O–H groups in total. The fraction of sp³-hybridized carbons (Fsp3) is 0.667. The van der Waals surface area contributed by atoms with E-state index in [1.54, 1.807) is 0 Å². The Balaban J connectivity index is 0.000000157. The van der Waals surface area contributed by atoms with Crippen molar-refractivity contribution in [3.05, 3.63) is 24.3 Å². The largest absolute Gasteiger partial charge is 0.481 e. The average molecular weight is 572 g/mol. The molecule has 0 aromatic carbocycles. The number of carboxylic acids is 2. The van der Waals surface area contributed by atoms with Gasteiger partial charge in [0.2, 0.25) is 23.6 Å². The number of imide groups is 2. The van der Waals surface area contributed by atoms with Gasteiger partial charge in [-0.15, -0.1) is 0 Å². The Hall–Kier alpha value is -3.34. The van der Waals surface area contributed by atoms with Gasteiger partial charge in [-0.3, -0.25) is 39.0 Å². The zero-order chi connectivity index (χ0) is 29.7. The van der Waals surface area contributed by atoms with Gasteiger partial charge < -0.3 is 15.9 Å². The topological polar surface area (TPSA) is 184 Å². The fourth-order valence-electron chi connectivity index (χ4n) is 7.33. The Bertz CT molecular complexity index is 1060. The van der Waals surface area contributed by atoms with E-state index in [-0.39, 0.29) is 72.0 Å². The molecule has 4 amide bonds. The van der Waals surface area contributed by atoms with Gasteiger partial charge in [-0.25, -0.2) is 0 Å². The number of nitrogens with zero attached hydrogens (tertiary/aromatic N) is 1. The molecular formula is C30H41N3O8. The van der Waals surface area contributed by atoms with E-state index in [1.165, 1.54) is 4.90 Å². The molecule has 8 atom stereocenters. The first-order chi connectivity index (χ1) is 19.6. The minimum atomic E-state index is -0.796. The standard InChI is InChI=1S/C15H19NO4.C9H9NO2.C6H13NO2/c17-11(18)4-2-1-3-7-16-14(19)12-9-5-6-10(8-9)13(12)15(16)20;11-8-6-4-1-2-5(3-4)7(6)9(12)10-8;7-5-3-1-2-4-6(8)9/h5-6,9-10,12-13H,1-4,7-8H2,(H,17,18);1-2,4-7H,3H2,(H,10,11,12);1-5,7H2,(H,8,9). The third-order valence-electron chi connectivity index (χ3n) is 9.24. The second-order valence-corrected chi connectivity index (χ2v) is 11.9. The minimum Gasteiger partial charge on any atom is -0.481 e. The van der Waals surface area contributed by atoms with Crippen LogP contribution in [0.1, 0.15) is 64.2 Å². The van der Waals surface area contributed by atoms with Crippen molar-refractivity contribution in [3.8, 4) is 0 Å². The lowest BCUT2D eigenvalue weighted by Gasteiger charge is -2.16. The number of allylic oxidation sites excluding steroid dienone is 4. The van der Waals surface area contributed by atoms with Crippen LogP contribution in [0, 0.1) is 47.3 Å². The van der Waals surface area contributed by atoms with Crippen LogP contribution in [0.4, 0.5) is 0 Å². The average Bonchev–Trinajstić information content (AvgIpc) is 3.77. The molecule has 224 valence electrons. The molecule has 6 rings (SSSR count). The van der Waals surface area contributed by atoms with E-state index in [9.17, 15) is 28.8 Å². The zero-order valence-electron chi connectivity index (χ0n) is 23.3. The fourth-order valence-corrected chi connectivity index (χ4v) is 7.33. The number of aliphatic carboxylic acids is 2. The van der Waals surface area contributed by atoms with E-state index in [0.29, 0.717) is 37.8 Å². The highest BCUT2D eigenvalue weighted by Gasteiger charge is 2.59. The molecule has 0 radical (unpaired) electrons. The van der Waals surface area contributed by atoms with Crippen LogP contribution in [0.3, 0.4) is 0 Å². The zero-order valence-corrected chi connectivity index (χ0v) is 23.3. The summed E-state index contributed by atoms with van der Waals surface area (Å²) in [5.74, 6) is -0.723. The summed E-state index contributed by atoms with van der Waals surface area (Å²) in [4.78, 5) is 69.0. The van der Waals surface area contributed by atoms with Crippen LogP contribution in [-0.4, -0.2) is 63.8 Å². The molecule has 4 fully saturated rings. The van der Waals surface area contributed by atoms with Gasteiger partial charge in [-0.1, -0.05) is 37.1 Å². The van der Waals surface area contributed by atoms with Gasteiger partial charge in [0.25, 0.3) is 0 Å². The molecule has 0 aromatic rings. The van der Waals surface area contributed by atoms with Gasteiger partial charge in [0.1, 0.15) is 0 Å². The Morgan fingerprint density at radius 3 is 1.51 bits per heavy atom. The molecule has 0 spiro atoms. The number of amides is 4. The summed E-state index contributed by atoms with van der Waals surface area (Å²) in [6.45, 7) is 1.11. The number of nitrogens with one attached hydrogen (secondary N) is 1. The SMILES string of the molecule is NCCCCCC(=O)O.O=C(O)CCCCCN1C(=O)C2C3C=CC(C3)C2C1=O.O=C1NC(=O)C2C3C=CC(C3)C12. The summed E-state index contributed by atoms with van der Waals surface area (Å²) >= 11 is 0. The number of rotatable bonds is 11. The number of likely N-dealkylation sites (tertiary alicyclic amines) is 1. The lowest BCUT2D eigenvalue weighted by Crippen LogP contribution is -2.33. The van der Waals surface area contributed by atoms with Crippen molar-refractivity contribution in [2.75, 3.05) is 13.1 Å². The molecule has 2 saturated carbocycles. The Morgan fingerprint density at radius 2 is 1.10 bits per heavy atom. The number of hydrogen-bond acceptors (Lipinski definition) is 7. The number of carbonyl (C=O) groups excluding carboxylic acids is 4. The van der Waals surface area contributed by atoms with Crippen LogP contribution in [0.2, 0.25) is 0 Å². The highest BCUT2D eigenvalue weighted by atomic mass is 16.4. The van der Waals surface area contributed by atoms with Gasteiger partial charge in [0.15, 0.2) is 0 Å². The summed E-state index contributed by atoms with van der Waals surface area (Å²) in [6.07, 6.45) is 15.4. The van der Waals surface area contributed by atoms with Crippen molar-refractivity contribution >= 4 is 35.6 Å². The van der Waals surface area contributed by atoms with Crippen LogP contribution in [0.25, 0.3) is 0 Å². The van der Waals surface area contributed by atoms with E-state index < -0.39 is 11.9 Å². The first kappa shape index (κ1) is 30.6. The molecule has 4 aliphatic carbocycles. The quantitative estimate of drug-likeness (QED) is 0.164. The van der Waals surface area contributed by atoms with E-state index in [0.717, 1.165) is 38.5 Å². The number of unbranched alkanes of at least 4 members (excludes halogenated alkanes) is 4. The second kappa shape index (κ2) is 13.5. The third-order valence-corrected chi connectivity index (χ3v) is 9.24. The van der Waals surface area contributed by atoms with Crippen LogP contribution < -0.4 is 11.1 Å². The van der Waals surface area contributed by atoms with Crippen molar-refractivity contribution in [2.45, 2.75) is 64.2 Å². The first-order valence-electron chi connectivity index (χ1n) is 14.8. The van der Waals surface area contributed by atoms with Crippen molar-refractivity contribution in [1.29, 1.82) is 0 Å². The van der Waals surface area contributed by atoms with Gasteiger partial charge in [0.05, 0.1) is 23.7 Å². The van der Waals surface area contributed by atoms with Gasteiger partial charge in [-0.2, -0.15) is 0 Å². The predicted molar refractivity (Wildman–Crippen MR) is 147 cm³/mol. The van der Waals surface area contributed by atoms with Crippen molar-refractivity contribution in [2.24, 2.45) is 53.1 Å². The summed E-state index contributed by atoms with van der Waals surface area (Å²) < 4.78 is 0. The van der Waals surface area contributed by atoms with Gasteiger partial charge in [-0.05, 0) is 68.7 Å². The van der Waals surface area contributed by atoms with E-state index >= 15 is 0 Å². The molecular weight excluding hydrogens is 530 g/mol. The van der Waals surface area contributed by atoms with Crippen molar-refractivity contribution in [3.63, 3.8) is 0 Å². The van der Waals surface area contributed by atoms with Crippen molar-refractivity contribution < 1.29 is 39.0 Å². The Morgan fingerprint density at radius 1 is 0.683 bits per heavy atom. The number of hydrogen-bond donors (Lipinski definition) is 4. The lowest BCUT2D eigenvalue weighted by atomic mass is 9.85. The van der Waals surface area contributed by atoms with Crippen molar-refractivity contribution in [1.82, 2.24) is 10.2 Å². The highest BCUT2D eigenvalue weighted by molar-refractivity contribution is 6.07. The van der Waals surface area contributed by atoms with E-state index in [4.69, 9.17) is 15.9 Å². The monoisotopic (exact) mass is 571 g/mol.